The van der Waals surface area contributed by atoms with Crippen molar-refractivity contribution in [3.05, 3.63) is 51.1 Å². The second kappa shape index (κ2) is 5.83. The van der Waals surface area contributed by atoms with Gasteiger partial charge >= 0.3 is 0 Å². The second-order valence-electron chi connectivity index (χ2n) is 5.93. The Labute approximate surface area is 149 Å². The molecule has 0 saturated heterocycles. The van der Waals surface area contributed by atoms with E-state index in [-0.39, 0.29) is 0 Å². The molecule has 118 valence electrons. The molecule has 3 aromatic rings. The fourth-order valence-electron chi connectivity index (χ4n) is 3.61. The number of aromatic nitrogens is 1. The Bertz CT molecular complexity index is 898. The summed E-state index contributed by atoms with van der Waals surface area (Å²) in [6.45, 7) is 1.94. The van der Waals surface area contributed by atoms with E-state index < -0.39 is 0 Å². The van der Waals surface area contributed by atoms with Crippen molar-refractivity contribution in [3.63, 3.8) is 0 Å². The summed E-state index contributed by atoms with van der Waals surface area (Å²) >= 11 is 2.36. The van der Waals surface area contributed by atoms with Crippen LogP contribution in [0.3, 0.4) is 0 Å². The third-order valence-electron chi connectivity index (χ3n) is 4.67. The average molecular weight is 418 g/mol. The van der Waals surface area contributed by atoms with Gasteiger partial charge in [0.15, 0.2) is 0 Å². The van der Waals surface area contributed by atoms with E-state index in [1.54, 1.807) is 7.11 Å². The minimum absolute atomic E-state index is 0.960. The zero-order valence-electron chi connectivity index (χ0n) is 13.3. The van der Waals surface area contributed by atoms with Gasteiger partial charge in [-0.2, -0.15) is 0 Å². The number of ether oxygens (including phenoxy) is 1. The van der Waals surface area contributed by atoms with Crippen LogP contribution in [-0.2, 0) is 13.0 Å². The lowest BCUT2D eigenvalue weighted by Gasteiger charge is -2.07. The molecule has 1 aromatic heterocycles. The Morgan fingerprint density at radius 1 is 1.26 bits per heavy atom. The van der Waals surface area contributed by atoms with Gasteiger partial charge in [0.2, 0.25) is 0 Å². The van der Waals surface area contributed by atoms with Gasteiger partial charge in [0.1, 0.15) is 5.75 Å². The lowest BCUT2D eigenvalue weighted by Crippen LogP contribution is -2.10. The van der Waals surface area contributed by atoms with E-state index in [1.165, 1.54) is 33.3 Å². The topological polar surface area (TPSA) is 26.2 Å². The van der Waals surface area contributed by atoms with Crippen molar-refractivity contribution >= 4 is 33.5 Å². The number of fused-ring (bicyclic) bond motifs is 5. The quantitative estimate of drug-likeness (QED) is 0.507. The van der Waals surface area contributed by atoms with Crippen LogP contribution in [0.25, 0.3) is 22.2 Å². The highest BCUT2D eigenvalue weighted by molar-refractivity contribution is 14.1. The predicted molar refractivity (Wildman–Crippen MR) is 103 cm³/mol. The van der Waals surface area contributed by atoms with E-state index >= 15 is 0 Å². The third kappa shape index (κ3) is 2.27. The lowest BCUT2D eigenvalue weighted by molar-refractivity contribution is 0.412. The van der Waals surface area contributed by atoms with Gasteiger partial charge in [-0.15, -0.1) is 0 Å². The van der Waals surface area contributed by atoms with Crippen molar-refractivity contribution in [2.45, 2.75) is 13.0 Å². The number of likely N-dealkylation sites (N-methyl/N-ethyl adjacent to an activating group) is 1. The minimum atomic E-state index is 0.960. The molecule has 4 rings (SSSR count). The van der Waals surface area contributed by atoms with E-state index in [9.17, 15) is 0 Å². The highest BCUT2D eigenvalue weighted by Gasteiger charge is 2.26. The molecule has 0 spiro atoms. The zero-order chi connectivity index (χ0) is 16.0. The summed E-state index contributed by atoms with van der Waals surface area (Å²) in [5.41, 5.74) is 6.92. The maximum absolute atomic E-state index is 5.55. The maximum atomic E-state index is 5.55. The van der Waals surface area contributed by atoms with Gasteiger partial charge in [0.25, 0.3) is 0 Å². The van der Waals surface area contributed by atoms with Crippen molar-refractivity contribution < 1.29 is 4.74 Å². The molecule has 2 aromatic carbocycles. The van der Waals surface area contributed by atoms with Gasteiger partial charge < -0.3 is 14.6 Å². The number of nitrogens with one attached hydrogen (secondary N) is 1. The number of methoxy groups -OCH3 is 1. The number of hydrogen-bond donors (Lipinski definition) is 1. The molecule has 0 bridgehead atoms. The van der Waals surface area contributed by atoms with Crippen LogP contribution in [0, 0.1) is 3.57 Å². The fourth-order valence-corrected chi connectivity index (χ4v) is 4.28. The number of benzene rings is 2. The van der Waals surface area contributed by atoms with Gasteiger partial charge in [-0.3, -0.25) is 0 Å². The Morgan fingerprint density at radius 2 is 2.09 bits per heavy atom. The fraction of sp³-hybridized carbons (Fsp3) is 0.263. The van der Waals surface area contributed by atoms with Crippen molar-refractivity contribution in [1.82, 2.24) is 9.88 Å². The van der Waals surface area contributed by atoms with Crippen LogP contribution in [0.4, 0.5) is 0 Å². The van der Waals surface area contributed by atoms with Crippen LogP contribution in [0.1, 0.15) is 11.1 Å². The Kier molecular flexibility index (Phi) is 3.81. The van der Waals surface area contributed by atoms with Crippen molar-refractivity contribution in [3.8, 4) is 17.0 Å². The molecule has 3 nitrogen and oxygen atoms in total. The molecular weight excluding hydrogens is 399 g/mol. The summed E-state index contributed by atoms with van der Waals surface area (Å²) in [6, 6.07) is 13.2. The highest BCUT2D eigenvalue weighted by Crippen LogP contribution is 2.43. The molecule has 0 atom stereocenters. The van der Waals surface area contributed by atoms with Crippen molar-refractivity contribution in [2.24, 2.45) is 0 Å². The first kappa shape index (κ1) is 15.0. The molecular formula is C19H19IN2O. The smallest absolute Gasteiger partial charge is 0.132 e. The molecule has 0 radical (unpaired) electrons. The Balaban J connectivity index is 2.02. The number of halogens is 1. The number of rotatable bonds is 4. The second-order valence-corrected chi connectivity index (χ2v) is 7.09. The Morgan fingerprint density at radius 3 is 2.87 bits per heavy atom. The SMILES string of the molecule is CNCCc1c2n(c3cc(I)c(OC)cc13)Cc1ccccc1-2. The van der Waals surface area contributed by atoms with Gasteiger partial charge in [0.05, 0.1) is 21.9 Å². The molecule has 2 heterocycles. The zero-order valence-corrected chi connectivity index (χ0v) is 15.5. The standard InChI is InChI=1S/C19H19IN2O/c1-21-8-7-14-15-9-18(23-2)16(20)10-17(15)22-11-12-5-3-4-6-13(12)19(14)22/h3-6,9-10,21H,7-8,11H2,1-2H3. The van der Waals surface area contributed by atoms with Crippen molar-refractivity contribution in [2.75, 3.05) is 20.7 Å². The summed E-state index contributed by atoms with van der Waals surface area (Å²) in [6.07, 6.45) is 1.02. The molecule has 1 N–H and O–H groups in total. The molecule has 23 heavy (non-hydrogen) atoms. The van der Waals surface area contributed by atoms with Crippen LogP contribution < -0.4 is 10.1 Å². The van der Waals surface area contributed by atoms with Crippen LogP contribution in [0.5, 0.6) is 5.75 Å². The van der Waals surface area contributed by atoms with E-state index in [1.807, 2.05) is 7.05 Å². The lowest BCUT2D eigenvalue weighted by atomic mass is 10.00. The largest absolute Gasteiger partial charge is 0.496 e. The molecule has 1 aliphatic rings. The Hall–Kier alpha value is -1.53. The number of nitrogens with zero attached hydrogens (tertiary/aromatic N) is 1. The van der Waals surface area contributed by atoms with E-state index in [0.29, 0.717) is 0 Å². The third-order valence-corrected chi connectivity index (χ3v) is 5.51. The predicted octanol–water partition coefficient (Wildman–Crippen LogP) is 4.05. The molecule has 0 amide bonds. The van der Waals surface area contributed by atoms with Crippen LogP contribution in [0.2, 0.25) is 0 Å². The summed E-state index contributed by atoms with van der Waals surface area (Å²) in [5.74, 6) is 0.960. The molecule has 0 aliphatic carbocycles. The summed E-state index contributed by atoms with van der Waals surface area (Å²) in [4.78, 5) is 0. The minimum Gasteiger partial charge on any atom is -0.496 e. The van der Waals surface area contributed by atoms with Crippen LogP contribution in [-0.4, -0.2) is 25.3 Å². The summed E-state index contributed by atoms with van der Waals surface area (Å²) in [7, 11) is 3.76. The first-order chi connectivity index (χ1) is 11.2. The maximum Gasteiger partial charge on any atom is 0.132 e. The highest BCUT2D eigenvalue weighted by atomic mass is 127. The van der Waals surface area contributed by atoms with Gasteiger partial charge in [-0.05, 0) is 65.9 Å². The normalized spacial score (nSPS) is 12.5. The molecule has 0 unspecified atom stereocenters. The summed E-state index contributed by atoms with van der Waals surface area (Å²) < 4.78 is 9.18. The van der Waals surface area contributed by atoms with Gasteiger partial charge in [-0.1, -0.05) is 24.3 Å². The first-order valence-electron chi connectivity index (χ1n) is 7.86. The van der Waals surface area contributed by atoms with E-state index in [2.05, 4.69) is 68.9 Å². The van der Waals surface area contributed by atoms with Gasteiger partial charge in [-0.25, -0.2) is 0 Å². The number of hydrogen-bond acceptors (Lipinski definition) is 2. The summed E-state index contributed by atoms with van der Waals surface area (Å²) in [5, 5.41) is 4.61. The monoisotopic (exact) mass is 418 g/mol. The van der Waals surface area contributed by atoms with Crippen LogP contribution >= 0.6 is 22.6 Å². The van der Waals surface area contributed by atoms with Crippen LogP contribution in [0.15, 0.2) is 36.4 Å². The molecule has 4 heteroatoms. The molecule has 0 saturated carbocycles. The van der Waals surface area contributed by atoms with Crippen molar-refractivity contribution in [1.29, 1.82) is 0 Å². The first-order valence-corrected chi connectivity index (χ1v) is 8.94. The molecule has 1 aliphatic heterocycles. The average Bonchev–Trinajstić information content (AvgIpc) is 3.07. The molecule has 0 fully saturated rings. The van der Waals surface area contributed by atoms with E-state index in [0.717, 1.165) is 28.8 Å². The van der Waals surface area contributed by atoms with Gasteiger partial charge in [0, 0.05) is 17.5 Å². The van der Waals surface area contributed by atoms with E-state index in [4.69, 9.17) is 4.74 Å².